The lowest BCUT2D eigenvalue weighted by atomic mass is 9.88. The molecule has 0 radical (unpaired) electrons. The van der Waals surface area contributed by atoms with Gasteiger partial charge in [0.15, 0.2) is 0 Å². The van der Waals surface area contributed by atoms with Gasteiger partial charge in [-0.25, -0.2) is 9.82 Å². The average molecular weight is 338 g/mol. The van der Waals surface area contributed by atoms with Crippen LogP contribution >= 0.6 is 27.5 Å². The Labute approximate surface area is 119 Å². The molecular formula is C12H15BrClFN2O. The molecule has 1 aromatic carbocycles. The molecule has 18 heavy (non-hydrogen) atoms. The van der Waals surface area contributed by atoms with Crippen molar-refractivity contribution in [3.05, 3.63) is 33.0 Å². The fraction of sp³-hybridized carbons (Fsp3) is 0.500. The number of nitrogens with two attached hydrogens (primary N) is 1. The molecule has 1 fully saturated rings. The second kappa shape index (κ2) is 5.43. The summed E-state index contributed by atoms with van der Waals surface area (Å²) < 4.78 is 20.4. The normalized spacial score (nSPS) is 25.4. The Morgan fingerprint density at radius 2 is 2.33 bits per heavy atom. The molecule has 1 aromatic rings. The number of nitrogens with one attached hydrogen (secondary N) is 1. The fourth-order valence-corrected chi connectivity index (χ4v) is 2.87. The second-order valence-corrected chi connectivity index (χ2v) is 5.86. The van der Waals surface area contributed by atoms with Gasteiger partial charge in [-0.2, -0.15) is 0 Å². The zero-order valence-electron chi connectivity index (χ0n) is 9.97. The predicted octanol–water partition coefficient (Wildman–Crippen LogP) is 3.32. The van der Waals surface area contributed by atoms with Crippen molar-refractivity contribution >= 4 is 27.5 Å². The lowest BCUT2D eigenvalue weighted by Crippen LogP contribution is -2.44. The summed E-state index contributed by atoms with van der Waals surface area (Å²) in [4.78, 5) is 0. The van der Waals surface area contributed by atoms with E-state index >= 15 is 0 Å². The van der Waals surface area contributed by atoms with E-state index in [9.17, 15) is 4.39 Å². The van der Waals surface area contributed by atoms with E-state index in [1.165, 1.54) is 0 Å². The van der Waals surface area contributed by atoms with Gasteiger partial charge in [0.1, 0.15) is 5.82 Å². The number of hydrazine groups is 1. The van der Waals surface area contributed by atoms with E-state index in [4.69, 9.17) is 22.2 Å². The summed E-state index contributed by atoms with van der Waals surface area (Å²) in [6.45, 7) is 2.60. The molecule has 0 spiro atoms. The van der Waals surface area contributed by atoms with Gasteiger partial charge in [0, 0.05) is 16.6 Å². The first-order valence-electron chi connectivity index (χ1n) is 5.73. The molecule has 0 aromatic heterocycles. The van der Waals surface area contributed by atoms with Crippen molar-refractivity contribution in [2.45, 2.75) is 31.4 Å². The summed E-state index contributed by atoms with van der Waals surface area (Å²) in [5, 5.41) is 0.0642. The average Bonchev–Trinajstić information content (AvgIpc) is 2.78. The van der Waals surface area contributed by atoms with Crippen molar-refractivity contribution in [2.75, 3.05) is 6.61 Å². The van der Waals surface area contributed by atoms with Gasteiger partial charge in [0.25, 0.3) is 0 Å². The van der Waals surface area contributed by atoms with Crippen LogP contribution in [0.5, 0.6) is 0 Å². The highest BCUT2D eigenvalue weighted by atomic mass is 79.9. The van der Waals surface area contributed by atoms with Crippen LogP contribution in [-0.4, -0.2) is 12.2 Å². The molecule has 1 heterocycles. The summed E-state index contributed by atoms with van der Waals surface area (Å²) in [6, 6.07) is 2.96. The molecule has 3 N–H and O–H groups in total. The number of rotatable bonds is 3. The van der Waals surface area contributed by atoms with Crippen LogP contribution in [0.25, 0.3) is 0 Å². The van der Waals surface area contributed by atoms with Gasteiger partial charge >= 0.3 is 0 Å². The minimum atomic E-state index is -0.507. The lowest BCUT2D eigenvalue weighted by molar-refractivity contribution is -0.0134. The van der Waals surface area contributed by atoms with E-state index < -0.39 is 17.5 Å². The van der Waals surface area contributed by atoms with Gasteiger partial charge in [0.2, 0.25) is 0 Å². The largest absolute Gasteiger partial charge is 0.373 e. The van der Waals surface area contributed by atoms with Crippen LogP contribution in [0, 0.1) is 5.82 Å². The monoisotopic (exact) mass is 336 g/mol. The molecule has 100 valence electrons. The zero-order valence-corrected chi connectivity index (χ0v) is 12.3. The molecule has 2 rings (SSSR count). The Balaban J connectivity index is 2.42. The topological polar surface area (TPSA) is 47.3 Å². The third-order valence-corrected chi connectivity index (χ3v) is 4.66. The molecule has 2 atom stereocenters. The van der Waals surface area contributed by atoms with Crippen LogP contribution in [0.15, 0.2) is 16.6 Å². The Bertz CT molecular complexity index is 452. The van der Waals surface area contributed by atoms with Crippen molar-refractivity contribution in [1.29, 1.82) is 0 Å². The van der Waals surface area contributed by atoms with Gasteiger partial charge < -0.3 is 4.74 Å². The molecule has 1 saturated heterocycles. The third kappa shape index (κ3) is 2.42. The fourth-order valence-electron chi connectivity index (χ4n) is 2.39. The van der Waals surface area contributed by atoms with Gasteiger partial charge in [-0.05, 0) is 41.8 Å². The maximum Gasteiger partial charge on any atom is 0.147 e. The summed E-state index contributed by atoms with van der Waals surface area (Å²) >= 11 is 9.10. The molecule has 0 bridgehead atoms. The molecule has 0 amide bonds. The number of halogens is 3. The minimum absolute atomic E-state index is 0.0642. The third-order valence-electron chi connectivity index (χ3n) is 3.40. The van der Waals surface area contributed by atoms with Crippen LogP contribution in [-0.2, 0) is 4.74 Å². The molecule has 1 aliphatic rings. The first-order chi connectivity index (χ1) is 8.49. The lowest BCUT2D eigenvalue weighted by Gasteiger charge is -2.33. The van der Waals surface area contributed by atoms with Crippen molar-refractivity contribution in [3.8, 4) is 0 Å². The standard InChI is InChI=1S/C12H15BrClFN2O/c1-12(5-2-6-18-12)11(17-16)7-3-4-8(13)9(14)10(7)15/h3-4,11,17H,2,5-6,16H2,1H3. The molecule has 2 unspecified atom stereocenters. The number of hydrogen-bond acceptors (Lipinski definition) is 3. The summed E-state index contributed by atoms with van der Waals surface area (Å²) in [7, 11) is 0. The highest BCUT2D eigenvalue weighted by molar-refractivity contribution is 9.10. The Kier molecular flexibility index (Phi) is 4.29. The first-order valence-corrected chi connectivity index (χ1v) is 6.90. The van der Waals surface area contributed by atoms with E-state index in [0.29, 0.717) is 16.6 Å². The number of ether oxygens (including phenoxy) is 1. The maximum atomic E-state index is 14.2. The summed E-state index contributed by atoms with van der Waals surface area (Å²) in [5.41, 5.74) is 2.57. The maximum absolute atomic E-state index is 14.2. The Morgan fingerprint density at radius 1 is 1.61 bits per heavy atom. The molecule has 3 nitrogen and oxygen atoms in total. The van der Waals surface area contributed by atoms with E-state index in [1.807, 2.05) is 6.92 Å². The van der Waals surface area contributed by atoms with Crippen molar-refractivity contribution in [2.24, 2.45) is 5.84 Å². The quantitative estimate of drug-likeness (QED) is 0.505. The molecule has 0 saturated carbocycles. The molecule has 6 heteroatoms. The summed E-state index contributed by atoms with van der Waals surface area (Å²) in [5.74, 6) is 5.11. The Hall–Kier alpha value is -0.200. The number of benzene rings is 1. The van der Waals surface area contributed by atoms with Crippen LogP contribution in [0.3, 0.4) is 0 Å². The zero-order chi connectivity index (χ0) is 13.3. The van der Waals surface area contributed by atoms with E-state index in [1.54, 1.807) is 12.1 Å². The highest BCUT2D eigenvalue weighted by Gasteiger charge is 2.40. The van der Waals surface area contributed by atoms with Crippen LogP contribution in [0.2, 0.25) is 5.02 Å². The molecule has 0 aliphatic carbocycles. The number of hydrogen-bond donors (Lipinski definition) is 2. The van der Waals surface area contributed by atoms with Crippen LogP contribution < -0.4 is 11.3 Å². The van der Waals surface area contributed by atoms with Gasteiger partial charge in [0.05, 0.1) is 16.7 Å². The van der Waals surface area contributed by atoms with Gasteiger partial charge in [-0.1, -0.05) is 17.7 Å². The minimum Gasteiger partial charge on any atom is -0.373 e. The molecule has 1 aliphatic heterocycles. The highest BCUT2D eigenvalue weighted by Crippen LogP contribution is 2.40. The first kappa shape index (κ1) is 14.2. The van der Waals surface area contributed by atoms with E-state index in [-0.39, 0.29) is 5.02 Å². The smallest absolute Gasteiger partial charge is 0.147 e. The van der Waals surface area contributed by atoms with Crippen LogP contribution in [0.4, 0.5) is 4.39 Å². The van der Waals surface area contributed by atoms with E-state index in [0.717, 1.165) is 12.8 Å². The second-order valence-electron chi connectivity index (χ2n) is 4.63. The van der Waals surface area contributed by atoms with Crippen LogP contribution in [0.1, 0.15) is 31.4 Å². The SMILES string of the molecule is CC1(C(NN)c2ccc(Br)c(Cl)c2F)CCCO1. The van der Waals surface area contributed by atoms with Crippen molar-refractivity contribution < 1.29 is 9.13 Å². The van der Waals surface area contributed by atoms with Gasteiger partial charge in [-0.3, -0.25) is 5.84 Å². The predicted molar refractivity (Wildman–Crippen MR) is 72.8 cm³/mol. The molecular weight excluding hydrogens is 323 g/mol. The van der Waals surface area contributed by atoms with Gasteiger partial charge in [-0.15, -0.1) is 0 Å². The van der Waals surface area contributed by atoms with Crippen molar-refractivity contribution in [1.82, 2.24) is 5.43 Å². The Morgan fingerprint density at radius 3 is 2.89 bits per heavy atom. The van der Waals surface area contributed by atoms with Crippen molar-refractivity contribution in [3.63, 3.8) is 0 Å². The van der Waals surface area contributed by atoms with E-state index in [2.05, 4.69) is 21.4 Å². The summed E-state index contributed by atoms with van der Waals surface area (Å²) in [6.07, 6.45) is 1.77.